The molecule has 0 unspecified atom stereocenters. The molecular formula is C16H18N2O2. The van der Waals surface area contributed by atoms with Crippen molar-refractivity contribution in [3.63, 3.8) is 0 Å². The van der Waals surface area contributed by atoms with Crippen molar-refractivity contribution in [3.8, 4) is 5.75 Å². The van der Waals surface area contributed by atoms with Crippen molar-refractivity contribution in [3.05, 3.63) is 54.1 Å². The lowest BCUT2D eigenvalue weighted by molar-refractivity contribution is 0.102. The van der Waals surface area contributed by atoms with E-state index in [-0.39, 0.29) is 5.91 Å². The molecule has 2 rings (SSSR count). The summed E-state index contributed by atoms with van der Waals surface area (Å²) in [4.78, 5) is 14.2. The van der Waals surface area contributed by atoms with E-state index in [4.69, 9.17) is 4.74 Å². The molecule has 1 N–H and O–H groups in total. The van der Waals surface area contributed by atoms with Gasteiger partial charge >= 0.3 is 0 Å². The molecule has 0 bridgehead atoms. The molecule has 0 radical (unpaired) electrons. The number of hydrogen-bond acceptors (Lipinski definition) is 3. The molecule has 20 heavy (non-hydrogen) atoms. The standard InChI is InChI=1S/C16H18N2O2/c1-18(2)14-8-5-7-13(11-14)17-16(19)12-6-4-9-15(10-12)20-3/h4-11H,1-3H3,(H,17,19). The van der Waals surface area contributed by atoms with E-state index in [0.717, 1.165) is 11.4 Å². The maximum absolute atomic E-state index is 12.2. The zero-order chi connectivity index (χ0) is 14.5. The number of amides is 1. The van der Waals surface area contributed by atoms with Gasteiger partial charge in [-0.3, -0.25) is 4.79 Å². The first kappa shape index (κ1) is 13.9. The highest BCUT2D eigenvalue weighted by Crippen LogP contribution is 2.19. The summed E-state index contributed by atoms with van der Waals surface area (Å²) in [5.41, 5.74) is 2.37. The minimum atomic E-state index is -0.153. The van der Waals surface area contributed by atoms with Crippen molar-refractivity contribution < 1.29 is 9.53 Å². The Kier molecular flexibility index (Phi) is 4.25. The molecular weight excluding hydrogens is 252 g/mol. The summed E-state index contributed by atoms with van der Waals surface area (Å²) >= 11 is 0. The van der Waals surface area contributed by atoms with Gasteiger partial charge in [-0.25, -0.2) is 0 Å². The van der Waals surface area contributed by atoms with Gasteiger partial charge in [0.25, 0.3) is 5.91 Å². The number of nitrogens with zero attached hydrogens (tertiary/aromatic N) is 1. The fourth-order valence-electron chi connectivity index (χ4n) is 1.83. The summed E-state index contributed by atoms with van der Waals surface area (Å²) in [6.07, 6.45) is 0. The lowest BCUT2D eigenvalue weighted by Crippen LogP contribution is -2.13. The Bertz CT molecular complexity index is 609. The van der Waals surface area contributed by atoms with Gasteiger partial charge in [0.05, 0.1) is 7.11 Å². The normalized spacial score (nSPS) is 9.95. The molecule has 4 heteroatoms. The van der Waals surface area contributed by atoms with Crippen LogP contribution in [0, 0.1) is 0 Å². The molecule has 2 aromatic rings. The van der Waals surface area contributed by atoms with E-state index in [0.29, 0.717) is 11.3 Å². The van der Waals surface area contributed by atoms with E-state index in [1.165, 1.54) is 0 Å². The Morgan fingerprint density at radius 2 is 1.85 bits per heavy atom. The molecule has 0 atom stereocenters. The minimum Gasteiger partial charge on any atom is -0.497 e. The molecule has 0 spiro atoms. The first-order valence-corrected chi connectivity index (χ1v) is 6.33. The summed E-state index contributed by atoms with van der Waals surface area (Å²) < 4.78 is 5.12. The van der Waals surface area contributed by atoms with Crippen LogP contribution in [-0.4, -0.2) is 27.1 Å². The van der Waals surface area contributed by atoms with Crippen LogP contribution in [0.2, 0.25) is 0 Å². The third-order valence-corrected chi connectivity index (χ3v) is 2.95. The largest absolute Gasteiger partial charge is 0.497 e. The average molecular weight is 270 g/mol. The molecule has 0 saturated heterocycles. The molecule has 0 heterocycles. The topological polar surface area (TPSA) is 41.6 Å². The summed E-state index contributed by atoms with van der Waals surface area (Å²) in [5.74, 6) is 0.513. The summed E-state index contributed by atoms with van der Waals surface area (Å²) in [5, 5.41) is 2.88. The van der Waals surface area contributed by atoms with Gasteiger partial charge in [-0.2, -0.15) is 0 Å². The molecule has 1 amide bonds. The second-order valence-corrected chi connectivity index (χ2v) is 4.63. The lowest BCUT2D eigenvalue weighted by Gasteiger charge is -2.14. The maximum Gasteiger partial charge on any atom is 0.255 e. The average Bonchev–Trinajstić information content (AvgIpc) is 2.47. The van der Waals surface area contributed by atoms with Crippen molar-refractivity contribution in [2.75, 3.05) is 31.4 Å². The van der Waals surface area contributed by atoms with Gasteiger partial charge in [-0.05, 0) is 36.4 Å². The Morgan fingerprint density at radius 1 is 1.10 bits per heavy atom. The van der Waals surface area contributed by atoms with Gasteiger partial charge in [0, 0.05) is 31.0 Å². The van der Waals surface area contributed by atoms with Crippen LogP contribution in [0.4, 0.5) is 11.4 Å². The number of carbonyl (C=O) groups is 1. The predicted molar refractivity (Wildman–Crippen MR) is 81.7 cm³/mol. The van der Waals surface area contributed by atoms with E-state index in [9.17, 15) is 4.79 Å². The molecule has 0 aliphatic carbocycles. The summed E-state index contributed by atoms with van der Waals surface area (Å²) in [7, 11) is 5.50. The van der Waals surface area contributed by atoms with Crippen LogP contribution in [0.25, 0.3) is 0 Å². The molecule has 4 nitrogen and oxygen atoms in total. The second kappa shape index (κ2) is 6.10. The molecule has 0 saturated carbocycles. The molecule has 104 valence electrons. The summed E-state index contributed by atoms with van der Waals surface area (Å²) in [6, 6.07) is 14.8. The third-order valence-electron chi connectivity index (χ3n) is 2.95. The van der Waals surface area contributed by atoms with Crippen LogP contribution in [0.5, 0.6) is 5.75 Å². The summed E-state index contributed by atoms with van der Waals surface area (Å²) in [6.45, 7) is 0. The van der Waals surface area contributed by atoms with Crippen LogP contribution in [0.15, 0.2) is 48.5 Å². The van der Waals surface area contributed by atoms with Gasteiger partial charge in [0.1, 0.15) is 5.75 Å². The van der Waals surface area contributed by atoms with Crippen molar-refractivity contribution in [2.24, 2.45) is 0 Å². The smallest absolute Gasteiger partial charge is 0.255 e. The fourth-order valence-corrected chi connectivity index (χ4v) is 1.83. The molecule has 2 aromatic carbocycles. The number of methoxy groups -OCH3 is 1. The van der Waals surface area contributed by atoms with E-state index >= 15 is 0 Å². The van der Waals surface area contributed by atoms with E-state index in [2.05, 4.69) is 5.32 Å². The molecule has 0 aliphatic rings. The zero-order valence-electron chi connectivity index (χ0n) is 11.9. The molecule has 0 fully saturated rings. The van der Waals surface area contributed by atoms with Gasteiger partial charge in [-0.1, -0.05) is 12.1 Å². The number of benzene rings is 2. The van der Waals surface area contributed by atoms with E-state index in [1.54, 1.807) is 25.3 Å². The highest BCUT2D eigenvalue weighted by molar-refractivity contribution is 6.04. The Morgan fingerprint density at radius 3 is 2.55 bits per heavy atom. The number of ether oxygens (including phenoxy) is 1. The number of nitrogens with one attached hydrogen (secondary N) is 1. The van der Waals surface area contributed by atoms with Crippen LogP contribution in [-0.2, 0) is 0 Å². The minimum absolute atomic E-state index is 0.153. The fraction of sp³-hybridized carbons (Fsp3) is 0.188. The van der Waals surface area contributed by atoms with Crippen molar-refractivity contribution in [2.45, 2.75) is 0 Å². The lowest BCUT2D eigenvalue weighted by atomic mass is 10.2. The first-order valence-electron chi connectivity index (χ1n) is 6.33. The van der Waals surface area contributed by atoms with E-state index in [1.807, 2.05) is 49.3 Å². The zero-order valence-corrected chi connectivity index (χ0v) is 11.9. The van der Waals surface area contributed by atoms with Crippen molar-refractivity contribution >= 4 is 17.3 Å². The number of rotatable bonds is 4. The molecule has 0 aromatic heterocycles. The van der Waals surface area contributed by atoms with Gasteiger partial charge in [0.15, 0.2) is 0 Å². The van der Waals surface area contributed by atoms with Gasteiger partial charge in [0.2, 0.25) is 0 Å². The van der Waals surface area contributed by atoms with Crippen LogP contribution in [0.1, 0.15) is 10.4 Å². The quantitative estimate of drug-likeness (QED) is 0.928. The number of anilines is 2. The van der Waals surface area contributed by atoms with Crippen LogP contribution < -0.4 is 15.0 Å². The van der Waals surface area contributed by atoms with Crippen LogP contribution in [0.3, 0.4) is 0 Å². The SMILES string of the molecule is COc1cccc(C(=O)Nc2cccc(N(C)C)c2)c1. The Labute approximate surface area is 119 Å². The van der Waals surface area contributed by atoms with Crippen LogP contribution >= 0.6 is 0 Å². The first-order chi connectivity index (χ1) is 9.60. The maximum atomic E-state index is 12.2. The second-order valence-electron chi connectivity index (χ2n) is 4.63. The third kappa shape index (κ3) is 3.29. The Balaban J connectivity index is 2.16. The van der Waals surface area contributed by atoms with E-state index < -0.39 is 0 Å². The number of hydrogen-bond donors (Lipinski definition) is 1. The van der Waals surface area contributed by atoms with Gasteiger partial charge < -0.3 is 15.0 Å². The van der Waals surface area contributed by atoms with Gasteiger partial charge in [-0.15, -0.1) is 0 Å². The van der Waals surface area contributed by atoms with Crippen molar-refractivity contribution in [1.82, 2.24) is 0 Å². The predicted octanol–water partition coefficient (Wildman–Crippen LogP) is 3.01. The number of carbonyl (C=O) groups excluding carboxylic acids is 1. The monoisotopic (exact) mass is 270 g/mol. The molecule has 0 aliphatic heterocycles. The van der Waals surface area contributed by atoms with Crippen molar-refractivity contribution in [1.29, 1.82) is 0 Å². The Hall–Kier alpha value is -2.49. The highest BCUT2D eigenvalue weighted by atomic mass is 16.5. The highest BCUT2D eigenvalue weighted by Gasteiger charge is 2.07.